The van der Waals surface area contributed by atoms with Crippen molar-refractivity contribution in [3.05, 3.63) is 76.0 Å². The first-order chi connectivity index (χ1) is 30.5. The average Bonchev–Trinajstić information content (AvgIpc) is 3.49. The molecule has 5 amide bonds. The van der Waals surface area contributed by atoms with Crippen LogP contribution in [-0.2, 0) is 14.3 Å². The van der Waals surface area contributed by atoms with Gasteiger partial charge in [0.1, 0.15) is 29.7 Å². The topological polar surface area (TPSA) is 196 Å². The monoisotopic (exact) mass is 874 g/mol. The van der Waals surface area contributed by atoms with Gasteiger partial charge in [0.25, 0.3) is 17.7 Å². The van der Waals surface area contributed by atoms with E-state index in [0.29, 0.717) is 29.9 Å². The van der Waals surface area contributed by atoms with Gasteiger partial charge in [-0.05, 0) is 92.6 Å². The molecule has 5 aliphatic rings. The molecule has 3 aromatic rings. The molecular formula is C48H58N8O8. The molecule has 2 aromatic carbocycles. The molecule has 16 heteroatoms. The molecular weight excluding hydrogens is 817 g/mol. The van der Waals surface area contributed by atoms with Crippen LogP contribution < -0.4 is 25.0 Å². The van der Waals surface area contributed by atoms with E-state index in [1.807, 2.05) is 32.0 Å². The second kappa shape index (κ2) is 17.6. The zero-order valence-electron chi connectivity index (χ0n) is 37.7. The Morgan fingerprint density at radius 2 is 1.59 bits per heavy atom. The number of rotatable bonds is 14. The highest BCUT2D eigenvalue weighted by Gasteiger charge is 2.64. The third kappa shape index (κ3) is 8.43. The van der Waals surface area contributed by atoms with Crippen LogP contribution in [0.1, 0.15) is 114 Å². The lowest BCUT2D eigenvalue weighted by molar-refractivity contribution is -0.164. The van der Waals surface area contributed by atoms with E-state index in [0.717, 1.165) is 79.5 Å². The number of anilines is 1. The number of aromatic nitrogens is 2. The SMILES string of the molecule is COCCN(CC1CCN(c2ccc(C(=O)NC3C(C)(C)C(Oc4cc(C)c(C#N)c(C)c4)C3(C)C)nn2)CC1)C1CC(Oc2ccc3c(c2)C(=O)N([C@@H]2CCC(=O)NC2=O)C3=O)C1. The number of hydrogen-bond acceptors (Lipinski definition) is 13. The van der Waals surface area contributed by atoms with Gasteiger partial charge in [-0.3, -0.25) is 39.1 Å². The summed E-state index contributed by atoms with van der Waals surface area (Å²) in [4.78, 5) is 69.7. The third-order valence-electron chi connectivity index (χ3n) is 14.2. The van der Waals surface area contributed by atoms with Gasteiger partial charge >= 0.3 is 0 Å². The Hall–Kier alpha value is -5.92. The van der Waals surface area contributed by atoms with E-state index < -0.39 is 29.7 Å². The summed E-state index contributed by atoms with van der Waals surface area (Å²) in [7, 11) is 1.71. The molecule has 1 aromatic heterocycles. The number of imide groups is 2. The number of benzene rings is 2. The fourth-order valence-electron chi connectivity index (χ4n) is 10.9. The van der Waals surface area contributed by atoms with Crippen molar-refractivity contribution in [3.8, 4) is 17.6 Å². The molecule has 4 heterocycles. The van der Waals surface area contributed by atoms with E-state index >= 15 is 0 Å². The maximum absolute atomic E-state index is 13.5. The molecule has 2 saturated heterocycles. The number of carbonyl (C=O) groups excluding carboxylic acids is 5. The van der Waals surface area contributed by atoms with Crippen LogP contribution in [0.2, 0.25) is 0 Å². The zero-order valence-corrected chi connectivity index (χ0v) is 37.7. The van der Waals surface area contributed by atoms with Gasteiger partial charge in [-0.25, -0.2) is 0 Å². The Bertz CT molecular complexity index is 2340. The number of piperidine rings is 2. The van der Waals surface area contributed by atoms with Crippen LogP contribution in [-0.4, -0.2) is 120 Å². The van der Waals surface area contributed by atoms with Crippen molar-refractivity contribution in [2.24, 2.45) is 16.7 Å². The van der Waals surface area contributed by atoms with Crippen LogP contribution in [0, 0.1) is 41.9 Å². The van der Waals surface area contributed by atoms with E-state index in [4.69, 9.17) is 14.2 Å². The molecule has 338 valence electrons. The predicted octanol–water partition coefficient (Wildman–Crippen LogP) is 4.75. The number of aryl methyl sites for hydroxylation is 2. The number of methoxy groups -OCH3 is 1. The Balaban J connectivity index is 0.803. The highest BCUT2D eigenvalue weighted by Crippen LogP contribution is 2.55. The lowest BCUT2D eigenvalue weighted by atomic mass is 9.49. The number of nitrogens with one attached hydrogen (secondary N) is 2. The molecule has 0 radical (unpaired) electrons. The molecule has 64 heavy (non-hydrogen) atoms. The van der Waals surface area contributed by atoms with Crippen molar-refractivity contribution in [1.82, 2.24) is 30.6 Å². The molecule has 2 N–H and O–H groups in total. The van der Waals surface area contributed by atoms with Crippen LogP contribution >= 0.6 is 0 Å². The van der Waals surface area contributed by atoms with Crippen LogP contribution in [0.4, 0.5) is 5.82 Å². The molecule has 0 unspecified atom stereocenters. The van der Waals surface area contributed by atoms with Crippen LogP contribution in [0.3, 0.4) is 0 Å². The number of carbonyl (C=O) groups is 5. The molecule has 16 nitrogen and oxygen atoms in total. The second-order valence-electron chi connectivity index (χ2n) is 19.3. The number of fused-ring (bicyclic) bond motifs is 1. The highest BCUT2D eigenvalue weighted by molar-refractivity contribution is 6.23. The number of hydrogen-bond donors (Lipinski definition) is 2. The van der Waals surface area contributed by atoms with Crippen molar-refractivity contribution in [2.45, 2.75) is 110 Å². The average molecular weight is 875 g/mol. The van der Waals surface area contributed by atoms with Crippen LogP contribution in [0.5, 0.6) is 11.5 Å². The molecule has 2 aliphatic carbocycles. The fraction of sp³-hybridized carbons (Fsp3) is 0.542. The number of nitriles is 1. The molecule has 0 bridgehead atoms. The molecule has 8 rings (SSSR count). The Morgan fingerprint density at radius 1 is 0.906 bits per heavy atom. The molecule has 0 spiro atoms. The van der Waals surface area contributed by atoms with E-state index in [-0.39, 0.29) is 64.6 Å². The molecule has 4 fully saturated rings. The Kier molecular flexibility index (Phi) is 12.3. The van der Waals surface area contributed by atoms with Crippen molar-refractivity contribution in [2.75, 3.05) is 44.8 Å². The first-order valence-corrected chi connectivity index (χ1v) is 22.3. The van der Waals surface area contributed by atoms with Gasteiger partial charge in [0.15, 0.2) is 11.5 Å². The van der Waals surface area contributed by atoms with Gasteiger partial charge in [-0.1, -0.05) is 27.7 Å². The van der Waals surface area contributed by atoms with Crippen molar-refractivity contribution < 1.29 is 38.2 Å². The minimum atomic E-state index is -1.01. The Morgan fingerprint density at radius 3 is 2.22 bits per heavy atom. The normalized spacial score (nSPS) is 25.0. The third-order valence-corrected chi connectivity index (χ3v) is 14.2. The minimum absolute atomic E-state index is 0.0523. The summed E-state index contributed by atoms with van der Waals surface area (Å²) in [5, 5.41) is 23.8. The van der Waals surface area contributed by atoms with Gasteiger partial charge in [-0.15, -0.1) is 10.2 Å². The van der Waals surface area contributed by atoms with Crippen LogP contribution in [0.15, 0.2) is 42.5 Å². The van der Waals surface area contributed by atoms with Gasteiger partial charge in [0.2, 0.25) is 11.8 Å². The minimum Gasteiger partial charge on any atom is -0.490 e. The van der Waals surface area contributed by atoms with Gasteiger partial charge < -0.3 is 24.4 Å². The van der Waals surface area contributed by atoms with Crippen molar-refractivity contribution in [1.29, 1.82) is 5.26 Å². The number of ether oxygens (including phenoxy) is 3. The van der Waals surface area contributed by atoms with Gasteiger partial charge in [-0.2, -0.15) is 5.26 Å². The molecule has 2 saturated carbocycles. The van der Waals surface area contributed by atoms with Gasteiger partial charge in [0.05, 0.1) is 29.4 Å². The van der Waals surface area contributed by atoms with E-state index in [1.54, 1.807) is 31.4 Å². The van der Waals surface area contributed by atoms with Crippen LogP contribution in [0.25, 0.3) is 0 Å². The number of nitrogens with zero attached hydrogens (tertiary/aromatic N) is 6. The van der Waals surface area contributed by atoms with Gasteiger partial charge in [0, 0.05) is 75.5 Å². The first-order valence-electron chi connectivity index (χ1n) is 22.3. The first kappa shape index (κ1) is 44.7. The standard InChI is InChI=1S/C48H58N8O8/c1-27-20-32(21-28(2)36(27)25-49)64-46-47(3,4)45(48(46,5)6)51-41(58)37-10-12-39(53-52-37)54-16-14-29(15-17-54)26-55(18-19-62-7)30-22-33(23-30)63-31-8-9-34-35(24-31)44(61)56(43(34)60)38-11-13-40(57)50-42(38)59/h8-10,12,20-21,24,29-30,33,38,45-46H,11,13-19,22-23,26H2,1-7H3,(H,51,58)(H,50,57,59)/t30?,33?,38-,45?,46?/m1/s1. The summed E-state index contributed by atoms with van der Waals surface area (Å²) in [6.45, 7) is 16.2. The summed E-state index contributed by atoms with van der Waals surface area (Å²) in [5.74, 6) is 0.0224. The summed E-state index contributed by atoms with van der Waals surface area (Å²) < 4.78 is 18.3. The molecule has 1 atom stereocenters. The summed E-state index contributed by atoms with van der Waals surface area (Å²) in [6, 6.07) is 13.7. The summed E-state index contributed by atoms with van der Waals surface area (Å²) in [5.41, 5.74) is 2.36. The lowest BCUT2D eigenvalue weighted by Crippen LogP contribution is -2.74. The van der Waals surface area contributed by atoms with Crippen molar-refractivity contribution >= 4 is 35.4 Å². The Labute approximate surface area is 374 Å². The number of amides is 5. The summed E-state index contributed by atoms with van der Waals surface area (Å²) >= 11 is 0. The predicted molar refractivity (Wildman–Crippen MR) is 235 cm³/mol. The maximum atomic E-state index is 13.5. The van der Waals surface area contributed by atoms with E-state index in [1.165, 1.54) is 0 Å². The van der Waals surface area contributed by atoms with E-state index in [2.05, 4.69) is 64.4 Å². The zero-order chi connectivity index (χ0) is 45.7. The smallest absolute Gasteiger partial charge is 0.272 e. The maximum Gasteiger partial charge on any atom is 0.272 e. The highest BCUT2D eigenvalue weighted by atomic mass is 16.5. The van der Waals surface area contributed by atoms with E-state index in [9.17, 15) is 29.2 Å². The summed E-state index contributed by atoms with van der Waals surface area (Å²) in [6.07, 6.45) is 3.53. The second-order valence-corrected chi connectivity index (χ2v) is 19.3. The largest absolute Gasteiger partial charge is 0.490 e. The lowest BCUT2D eigenvalue weighted by Gasteiger charge is -2.63. The molecule has 3 aliphatic heterocycles. The quantitative estimate of drug-likeness (QED) is 0.211. The van der Waals surface area contributed by atoms with Crippen molar-refractivity contribution in [3.63, 3.8) is 0 Å². The fourth-order valence-corrected chi connectivity index (χ4v) is 10.9.